The molecule has 0 saturated heterocycles. The smallest absolute Gasteiger partial charge is 0.239 e. The summed E-state index contributed by atoms with van der Waals surface area (Å²) >= 11 is 0. The van der Waals surface area contributed by atoms with Crippen molar-refractivity contribution in [3.05, 3.63) is 35.9 Å². The Morgan fingerprint density at radius 2 is 1.74 bits per heavy atom. The van der Waals surface area contributed by atoms with Crippen molar-refractivity contribution in [1.29, 1.82) is 0 Å². The summed E-state index contributed by atoms with van der Waals surface area (Å²) in [5.74, 6) is 0.223. The van der Waals surface area contributed by atoms with E-state index >= 15 is 0 Å². The molecule has 0 radical (unpaired) electrons. The second-order valence-electron chi connectivity index (χ2n) is 4.90. The fourth-order valence-corrected chi connectivity index (χ4v) is 2.13. The first-order chi connectivity index (χ1) is 9.10. The van der Waals surface area contributed by atoms with Gasteiger partial charge in [-0.2, -0.15) is 0 Å². The molecule has 0 aliphatic carbocycles. The standard InChI is InChI=1S/C16H26N2O/c1-5-18(6-2)16(19)14(3)17(4)13-12-15-10-8-7-9-11-15/h7-11,14H,5-6,12-13H2,1-4H3/t14-/m0/s1. The van der Waals surface area contributed by atoms with Gasteiger partial charge in [0, 0.05) is 19.6 Å². The van der Waals surface area contributed by atoms with Crippen molar-refractivity contribution in [3.63, 3.8) is 0 Å². The molecule has 19 heavy (non-hydrogen) atoms. The molecule has 0 saturated carbocycles. The third-order valence-electron chi connectivity index (χ3n) is 3.69. The van der Waals surface area contributed by atoms with Gasteiger partial charge in [-0.1, -0.05) is 30.3 Å². The second kappa shape index (κ2) is 7.95. The van der Waals surface area contributed by atoms with Crippen LogP contribution in [0.25, 0.3) is 0 Å². The molecule has 0 fully saturated rings. The number of likely N-dealkylation sites (N-methyl/N-ethyl adjacent to an activating group) is 2. The molecule has 0 aliphatic heterocycles. The number of hydrogen-bond acceptors (Lipinski definition) is 2. The summed E-state index contributed by atoms with van der Waals surface area (Å²) < 4.78 is 0. The van der Waals surface area contributed by atoms with Crippen molar-refractivity contribution < 1.29 is 4.79 Å². The first kappa shape index (κ1) is 15.7. The molecule has 1 aromatic rings. The molecule has 1 amide bonds. The van der Waals surface area contributed by atoms with Gasteiger partial charge in [-0.05, 0) is 39.8 Å². The highest BCUT2D eigenvalue weighted by atomic mass is 16.2. The molecule has 106 valence electrons. The Labute approximate surface area is 117 Å². The van der Waals surface area contributed by atoms with Gasteiger partial charge < -0.3 is 4.90 Å². The minimum Gasteiger partial charge on any atom is -0.342 e. The lowest BCUT2D eigenvalue weighted by atomic mass is 10.1. The van der Waals surface area contributed by atoms with Crippen LogP contribution in [0.3, 0.4) is 0 Å². The van der Waals surface area contributed by atoms with Crippen LogP contribution in [-0.2, 0) is 11.2 Å². The minimum atomic E-state index is -0.0522. The maximum atomic E-state index is 12.2. The van der Waals surface area contributed by atoms with Gasteiger partial charge in [-0.25, -0.2) is 0 Å². The number of benzene rings is 1. The van der Waals surface area contributed by atoms with Crippen LogP contribution in [0.5, 0.6) is 0 Å². The minimum absolute atomic E-state index is 0.0522. The second-order valence-corrected chi connectivity index (χ2v) is 4.90. The molecule has 0 bridgehead atoms. The maximum Gasteiger partial charge on any atom is 0.239 e. The predicted molar refractivity (Wildman–Crippen MR) is 80.2 cm³/mol. The van der Waals surface area contributed by atoms with Crippen molar-refractivity contribution >= 4 is 5.91 Å². The summed E-state index contributed by atoms with van der Waals surface area (Å²) in [6, 6.07) is 10.3. The van der Waals surface area contributed by atoms with Crippen LogP contribution in [0.1, 0.15) is 26.3 Å². The molecule has 0 N–H and O–H groups in total. The van der Waals surface area contributed by atoms with E-state index in [0.717, 1.165) is 26.1 Å². The van der Waals surface area contributed by atoms with E-state index < -0.39 is 0 Å². The number of hydrogen-bond donors (Lipinski definition) is 0. The highest BCUT2D eigenvalue weighted by molar-refractivity contribution is 5.81. The zero-order valence-corrected chi connectivity index (χ0v) is 12.6. The molecule has 0 aliphatic rings. The fourth-order valence-electron chi connectivity index (χ4n) is 2.13. The monoisotopic (exact) mass is 262 g/mol. The summed E-state index contributed by atoms with van der Waals surface area (Å²) in [4.78, 5) is 16.3. The maximum absolute atomic E-state index is 12.2. The van der Waals surface area contributed by atoms with Crippen LogP contribution in [0.4, 0.5) is 0 Å². The number of rotatable bonds is 7. The van der Waals surface area contributed by atoms with Gasteiger partial charge in [-0.3, -0.25) is 9.69 Å². The number of carbonyl (C=O) groups excluding carboxylic acids is 1. The molecule has 0 heterocycles. The molecule has 0 spiro atoms. The topological polar surface area (TPSA) is 23.6 Å². The molecule has 1 atom stereocenters. The lowest BCUT2D eigenvalue weighted by molar-refractivity contribution is -0.135. The molecular weight excluding hydrogens is 236 g/mol. The van der Waals surface area contributed by atoms with Crippen molar-refractivity contribution in [3.8, 4) is 0 Å². The fraction of sp³-hybridized carbons (Fsp3) is 0.562. The summed E-state index contributed by atoms with van der Waals surface area (Å²) in [5.41, 5.74) is 1.32. The molecule has 1 rings (SSSR count). The Hall–Kier alpha value is -1.35. The van der Waals surface area contributed by atoms with E-state index in [1.54, 1.807) is 0 Å². The van der Waals surface area contributed by atoms with Crippen molar-refractivity contribution in [2.45, 2.75) is 33.2 Å². The van der Waals surface area contributed by atoms with E-state index in [0.29, 0.717) is 0 Å². The quantitative estimate of drug-likeness (QED) is 0.753. The normalized spacial score (nSPS) is 12.5. The molecule has 0 unspecified atom stereocenters. The van der Waals surface area contributed by atoms with E-state index in [1.807, 2.05) is 38.8 Å². The van der Waals surface area contributed by atoms with Crippen molar-refractivity contribution in [2.24, 2.45) is 0 Å². The van der Waals surface area contributed by atoms with E-state index in [9.17, 15) is 4.79 Å². The van der Waals surface area contributed by atoms with Gasteiger partial charge >= 0.3 is 0 Å². The molecular formula is C16H26N2O. The van der Waals surface area contributed by atoms with Gasteiger partial charge in [0.05, 0.1) is 6.04 Å². The Morgan fingerprint density at radius 1 is 1.16 bits per heavy atom. The first-order valence-electron chi connectivity index (χ1n) is 7.13. The van der Waals surface area contributed by atoms with Gasteiger partial charge in [0.2, 0.25) is 5.91 Å². The Balaban J connectivity index is 2.48. The van der Waals surface area contributed by atoms with Crippen LogP contribution in [0, 0.1) is 0 Å². The summed E-state index contributed by atoms with van der Waals surface area (Å²) in [6.45, 7) is 8.51. The summed E-state index contributed by atoms with van der Waals surface area (Å²) in [7, 11) is 2.02. The lowest BCUT2D eigenvalue weighted by Crippen LogP contribution is -2.46. The highest BCUT2D eigenvalue weighted by Crippen LogP contribution is 2.05. The van der Waals surface area contributed by atoms with Crippen molar-refractivity contribution in [1.82, 2.24) is 9.80 Å². The average molecular weight is 262 g/mol. The van der Waals surface area contributed by atoms with Crippen LogP contribution < -0.4 is 0 Å². The third-order valence-corrected chi connectivity index (χ3v) is 3.69. The SMILES string of the molecule is CCN(CC)C(=O)[C@H](C)N(C)CCc1ccccc1. The van der Waals surface area contributed by atoms with E-state index in [-0.39, 0.29) is 11.9 Å². The van der Waals surface area contributed by atoms with Crippen LogP contribution >= 0.6 is 0 Å². The lowest BCUT2D eigenvalue weighted by Gasteiger charge is -2.29. The molecule has 3 nitrogen and oxygen atoms in total. The Kier molecular flexibility index (Phi) is 6.57. The van der Waals surface area contributed by atoms with Gasteiger partial charge in [0.1, 0.15) is 0 Å². The van der Waals surface area contributed by atoms with E-state index in [1.165, 1.54) is 5.56 Å². The van der Waals surface area contributed by atoms with Crippen LogP contribution in [-0.4, -0.2) is 48.4 Å². The van der Waals surface area contributed by atoms with E-state index in [2.05, 4.69) is 29.2 Å². The summed E-state index contributed by atoms with van der Waals surface area (Å²) in [6.07, 6.45) is 0.979. The third kappa shape index (κ3) is 4.67. The number of carbonyl (C=O) groups is 1. The zero-order valence-electron chi connectivity index (χ0n) is 12.6. The molecule has 3 heteroatoms. The largest absolute Gasteiger partial charge is 0.342 e. The zero-order chi connectivity index (χ0) is 14.3. The molecule has 0 aromatic heterocycles. The van der Waals surface area contributed by atoms with Crippen LogP contribution in [0.15, 0.2) is 30.3 Å². The Bertz CT molecular complexity index is 374. The highest BCUT2D eigenvalue weighted by Gasteiger charge is 2.21. The van der Waals surface area contributed by atoms with Gasteiger partial charge in [0.25, 0.3) is 0 Å². The first-order valence-corrected chi connectivity index (χ1v) is 7.13. The Morgan fingerprint density at radius 3 is 2.26 bits per heavy atom. The van der Waals surface area contributed by atoms with Gasteiger partial charge in [-0.15, -0.1) is 0 Å². The van der Waals surface area contributed by atoms with Crippen molar-refractivity contribution in [2.75, 3.05) is 26.7 Å². The summed E-state index contributed by atoms with van der Waals surface area (Å²) in [5, 5.41) is 0. The van der Waals surface area contributed by atoms with E-state index in [4.69, 9.17) is 0 Å². The number of amides is 1. The average Bonchev–Trinajstić information content (AvgIpc) is 2.46. The molecule has 1 aromatic carbocycles. The van der Waals surface area contributed by atoms with Crippen LogP contribution in [0.2, 0.25) is 0 Å². The predicted octanol–water partition coefficient (Wildman–Crippen LogP) is 2.42. The number of nitrogens with zero attached hydrogens (tertiary/aromatic N) is 2. The van der Waals surface area contributed by atoms with Gasteiger partial charge in [0.15, 0.2) is 0 Å².